The number of benzene rings is 1. The summed E-state index contributed by atoms with van der Waals surface area (Å²) in [5.74, 6) is 0.876. The van der Waals surface area contributed by atoms with Gasteiger partial charge < -0.3 is 5.32 Å². The summed E-state index contributed by atoms with van der Waals surface area (Å²) in [5, 5.41) is 15.4. The number of rotatable bonds is 4. The number of hydrogen-bond donors (Lipinski definition) is 1. The first kappa shape index (κ1) is 12.3. The highest BCUT2D eigenvalue weighted by molar-refractivity contribution is 5.30. The van der Waals surface area contributed by atoms with Crippen molar-refractivity contribution in [1.82, 2.24) is 30.4 Å². The number of likely N-dealkylation sites (N-methyl/N-ethyl adjacent to an activating group) is 1. The molecule has 0 amide bonds. The first-order chi connectivity index (χ1) is 9.34. The standard InChI is InChI=1S/C13H18N6/c1-18(12-7-8-14-9-12)10-13-15-16-17-19(13)11-5-3-2-4-6-11/h2-6,12,14H,7-10H2,1H3. The Morgan fingerprint density at radius 3 is 2.95 bits per heavy atom. The molecule has 2 aromatic rings. The summed E-state index contributed by atoms with van der Waals surface area (Å²) >= 11 is 0. The van der Waals surface area contributed by atoms with Crippen LogP contribution in [-0.2, 0) is 6.54 Å². The van der Waals surface area contributed by atoms with Gasteiger partial charge in [0.1, 0.15) is 0 Å². The topological polar surface area (TPSA) is 58.9 Å². The molecule has 1 fully saturated rings. The van der Waals surface area contributed by atoms with E-state index in [0.717, 1.165) is 31.1 Å². The van der Waals surface area contributed by atoms with E-state index < -0.39 is 0 Å². The number of hydrogen-bond acceptors (Lipinski definition) is 5. The molecule has 1 saturated heterocycles. The van der Waals surface area contributed by atoms with Gasteiger partial charge in [-0.3, -0.25) is 4.90 Å². The van der Waals surface area contributed by atoms with Gasteiger partial charge in [0.25, 0.3) is 0 Å². The van der Waals surface area contributed by atoms with Crippen molar-refractivity contribution in [3.8, 4) is 5.69 Å². The Bertz CT molecular complexity index is 517. The van der Waals surface area contributed by atoms with Crippen LogP contribution in [0.5, 0.6) is 0 Å². The number of tetrazole rings is 1. The van der Waals surface area contributed by atoms with Gasteiger partial charge >= 0.3 is 0 Å². The van der Waals surface area contributed by atoms with Crippen LogP contribution in [0.15, 0.2) is 30.3 Å². The van der Waals surface area contributed by atoms with Gasteiger partial charge in [-0.15, -0.1) is 5.10 Å². The summed E-state index contributed by atoms with van der Waals surface area (Å²) in [7, 11) is 2.13. The van der Waals surface area contributed by atoms with Crippen molar-refractivity contribution in [2.75, 3.05) is 20.1 Å². The Kier molecular flexibility index (Phi) is 3.52. The molecule has 1 unspecified atom stereocenters. The van der Waals surface area contributed by atoms with Crippen LogP contribution in [0, 0.1) is 0 Å². The van der Waals surface area contributed by atoms with Gasteiger partial charge in [0.2, 0.25) is 0 Å². The van der Waals surface area contributed by atoms with E-state index in [1.165, 1.54) is 6.42 Å². The average molecular weight is 258 g/mol. The molecule has 6 nitrogen and oxygen atoms in total. The average Bonchev–Trinajstić information content (AvgIpc) is 3.11. The SMILES string of the molecule is CN(Cc1nnnn1-c1ccccc1)C1CCNC1. The van der Waals surface area contributed by atoms with Crippen LogP contribution >= 0.6 is 0 Å². The Labute approximate surface area is 112 Å². The molecule has 6 heteroatoms. The van der Waals surface area contributed by atoms with Crippen molar-refractivity contribution < 1.29 is 0 Å². The molecule has 1 aromatic heterocycles. The molecule has 0 aliphatic carbocycles. The van der Waals surface area contributed by atoms with Crippen LogP contribution < -0.4 is 5.32 Å². The maximum Gasteiger partial charge on any atom is 0.170 e. The lowest BCUT2D eigenvalue weighted by Crippen LogP contribution is -2.33. The summed E-state index contributed by atoms with van der Waals surface area (Å²) in [4.78, 5) is 2.31. The molecule has 1 aliphatic rings. The zero-order chi connectivity index (χ0) is 13.1. The van der Waals surface area contributed by atoms with Gasteiger partial charge in [-0.25, -0.2) is 0 Å². The smallest absolute Gasteiger partial charge is 0.170 e. The summed E-state index contributed by atoms with van der Waals surface area (Å²) in [6.45, 7) is 2.90. The second-order valence-electron chi connectivity index (χ2n) is 4.90. The highest BCUT2D eigenvalue weighted by Crippen LogP contribution is 2.12. The molecule has 100 valence electrons. The molecular formula is C13H18N6. The lowest BCUT2D eigenvalue weighted by Gasteiger charge is -2.22. The third-order valence-corrected chi connectivity index (χ3v) is 3.58. The van der Waals surface area contributed by atoms with Crippen molar-refractivity contribution in [1.29, 1.82) is 0 Å². The lowest BCUT2D eigenvalue weighted by molar-refractivity contribution is 0.241. The first-order valence-corrected chi connectivity index (χ1v) is 6.58. The predicted molar refractivity (Wildman–Crippen MR) is 71.9 cm³/mol. The Balaban J connectivity index is 1.77. The Hall–Kier alpha value is -1.79. The van der Waals surface area contributed by atoms with Gasteiger partial charge in [0, 0.05) is 12.6 Å². The van der Waals surface area contributed by atoms with Gasteiger partial charge in [-0.1, -0.05) is 18.2 Å². The molecule has 0 bridgehead atoms. The van der Waals surface area contributed by atoms with Gasteiger partial charge in [0.15, 0.2) is 5.82 Å². The van der Waals surface area contributed by atoms with E-state index in [4.69, 9.17) is 0 Å². The molecule has 1 atom stereocenters. The van der Waals surface area contributed by atoms with Crippen molar-refractivity contribution >= 4 is 0 Å². The van der Waals surface area contributed by atoms with E-state index in [-0.39, 0.29) is 0 Å². The minimum absolute atomic E-state index is 0.570. The number of aromatic nitrogens is 4. The third kappa shape index (κ3) is 2.64. The Morgan fingerprint density at radius 1 is 1.37 bits per heavy atom. The fourth-order valence-electron chi connectivity index (χ4n) is 2.44. The molecule has 19 heavy (non-hydrogen) atoms. The van der Waals surface area contributed by atoms with E-state index in [9.17, 15) is 0 Å². The number of nitrogens with one attached hydrogen (secondary N) is 1. The van der Waals surface area contributed by atoms with Crippen LogP contribution in [0.25, 0.3) is 5.69 Å². The van der Waals surface area contributed by atoms with Crippen molar-refractivity contribution in [2.45, 2.75) is 19.0 Å². The number of nitrogens with zero attached hydrogens (tertiary/aromatic N) is 5. The number of para-hydroxylation sites is 1. The molecule has 2 heterocycles. The maximum atomic E-state index is 4.14. The monoisotopic (exact) mass is 258 g/mol. The van der Waals surface area contributed by atoms with Crippen molar-refractivity contribution in [3.05, 3.63) is 36.2 Å². The van der Waals surface area contributed by atoms with Crippen LogP contribution in [0.4, 0.5) is 0 Å². The third-order valence-electron chi connectivity index (χ3n) is 3.58. The van der Waals surface area contributed by atoms with E-state index in [0.29, 0.717) is 6.04 Å². The zero-order valence-corrected chi connectivity index (χ0v) is 11.0. The molecular weight excluding hydrogens is 240 g/mol. The zero-order valence-electron chi connectivity index (χ0n) is 11.0. The molecule has 0 saturated carbocycles. The first-order valence-electron chi connectivity index (χ1n) is 6.58. The minimum Gasteiger partial charge on any atom is -0.315 e. The fraction of sp³-hybridized carbons (Fsp3) is 0.462. The summed E-state index contributed by atoms with van der Waals surface area (Å²) in [5.41, 5.74) is 1.00. The highest BCUT2D eigenvalue weighted by Gasteiger charge is 2.21. The van der Waals surface area contributed by atoms with E-state index >= 15 is 0 Å². The second-order valence-corrected chi connectivity index (χ2v) is 4.90. The van der Waals surface area contributed by atoms with Gasteiger partial charge in [0.05, 0.1) is 12.2 Å². The fourth-order valence-corrected chi connectivity index (χ4v) is 2.44. The molecule has 1 aliphatic heterocycles. The summed E-state index contributed by atoms with van der Waals surface area (Å²) < 4.78 is 1.80. The van der Waals surface area contributed by atoms with Gasteiger partial charge in [-0.05, 0) is 42.6 Å². The van der Waals surface area contributed by atoms with Crippen LogP contribution in [0.2, 0.25) is 0 Å². The van der Waals surface area contributed by atoms with E-state index in [1.807, 2.05) is 30.3 Å². The highest BCUT2D eigenvalue weighted by atomic mass is 15.5. The molecule has 1 aromatic carbocycles. The van der Waals surface area contributed by atoms with Crippen molar-refractivity contribution in [2.24, 2.45) is 0 Å². The predicted octanol–water partition coefficient (Wildman–Crippen LogP) is 0.456. The maximum absolute atomic E-state index is 4.14. The molecule has 0 spiro atoms. The lowest BCUT2D eigenvalue weighted by atomic mass is 10.2. The molecule has 3 rings (SSSR count). The second kappa shape index (κ2) is 5.46. The summed E-state index contributed by atoms with van der Waals surface area (Å²) in [6.07, 6.45) is 1.18. The van der Waals surface area contributed by atoms with Crippen LogP contribution in [0.1, 0.15) is 12.2 Å². The largest absolute Gasteiger partial charge is 0.315 e. The van der Waals surface area contributed by atoms with E-state index in [1.54, 1.807) is 4.68 Å². The van der Waals surface area contributed by atoms with Crippen molar-refractivity contribution in [3.63, 3.8) is 0 Å². The van der Waals surface area contributed by atoms with Crippen LogP contribution in [-0.4, -0.2) is 51.3 Å². The minimum atomic E-state index is 0.570. The molecule has 1 N–H and O–H groups in total. The van der Waals surface area contributed by atoms with Gasteiger partial charge in [-0.2, -0.15) is 4.68 Å². The van der Waals surface area contributed by atoms with Crippen LogP contribution in [0.3, 0.4) is 0 Å². The Morgan fingerprint density at radius 2 is 2.21 bits per heavy atom. The summed E-state index contributed by atoms with van der Waals surface area (Å²) in [6, 6.07) is 10.6. The normalized spacial score (nSPS) is 19.2. The van der Waals surface area contributed by atoms with E-state index in [2.05, 4.69) is 32.8 Å². The quantitative estimate of drug-likeness (QED) is 0.863. The molecule has 0 radical (unpaired) electrons.